The van der Waals surface area contributed by atoms with E-state index in [4.69, 9.17) is 4.74 Å². The van der Waals surface area contributed by atoms with Crippen LogP contribution in [0, 0.1) is 0 Å². The van der Waals surface area contributed by atoms with Gasteiger partial charge in [0.25, 0.3) is 0 Å². The molecule has 1 aromatic heterocycles. The van der Waals surface area contributed by atoms with Gasteiger partial charge < -0.3 is 15.0 Å². The minimum absolute atomic E-state index is 0.715. The van der Waals surface area contributed by atoms with Crippen LogP contribution in [0.3, 0.4) is 0 Å². The van der Waals surface area contributed by atoms with E-state index in [2.05, 4.69) is 56.7 Å². The van der Waals surface area contributed by atoms with Crippen LogP contribution in [-0.2, 0) is 19.6 Å². The molecular weight excluding hydrogens is 350 g/mol. The van der Waals surface area contributed by atoms with Crippen molar-refractivity contribution in [3.8, 4) is 5.75 Å². The summed E-state index contributed by atoms with van der Waals surface area (Å²) in [5, 5.41) is 7.71. The summed E-state index contributed by atoms with van der Waals surface area (Å²) in [5.74, 6) is 1.72. The van der Waals surface area contributed by atoms with Crippen molar-refractivity contribution < 1.29 is 4.74 Å². The van der Waals surface area contributed by atoms with Crippen molar-refractivity contribution in [1.29, 1.82) is 0 Å². The minimum atomic E-state index is 0.715. The number of benzene rings is 2. The molecule has 3 rings (SSSR count). The van der Waals surface area contributed by atoms with Gasteiger partial charge in [0.05, 0.1) is 13.7 Å². The van der Waals surface area contributed by atoms with Gasteiger partial charge >= 0.3 is 0 Å². The Hall–Kier alpha value is -3.28. The highest BCUT2D eigenvalue weighted by Gasteiger charge is 2.07. The Morgan fingerprint density at radius 1 is 1.11 bits per heavy atom. The number of nitrogens with one attached hydrogen (secondary N) is 1. The Morgan fingerprint density at radius 2 is 1.89 bits per heavy atom. The van der Waals surface area contributed by atoms with Crippen LogP contribution in [0.2, 0.25) is 0 Å². The van der Waals surface area contributed by atoms with Crippen LogP contribution < -0.4 is 10.1 Å². The molecule has 0 unspecified atom stereocenters. The molecule has 1 heterocycles. The van der Waals surface area contributed by atoms with Gasteiger partial charge in [-0.2, -0.15) is 5.10 Å². The lowest BCUT2D eigenvalue weighted by Crippen LogP contribution is -2.38. The van der Waals surface area contributed by atoms with E-state index in [-0.39, 0.29) is 0 Å². The zero-order valence-electron chi connectivity index (χ0n) is 16.7. The third-order valence-electron chi connectivity index (χ3n) is 4.50. The number of rotatable bonds is 7. The van der Waals surface area contributed by atoms with Gasteiger partial charge in [0.15, 0.2) is 5.96 Å². The van der Waals surface area contributed by atoms with Crippen molar-refractivity contribution >= 4 is 5.96 Å². The van der Waals surface area contributed by atoms with Crippen molar-refractivity contribution in [2.75, 3.05) is 21.2 Å². The van der Waals surface area contributed by atoms with Crippen LogP contribution >= 0.6 is 0 Å². The van der Waals surface area contributed by atoms with Crippen LogP contribution in [0.25, 0.3) is 0 Å². The number of guanidine groups is 1. The van der Waals surface area contributed by atoms with Crippen LogP contribution in [0.1, 0.15) is 16.7 Å². The number of ether oxygens (including phenoxy) is 1. The highest BCUT2D eigenvalue weighted by Crippen LogP contribution is 2.13. The SMILES string of the molecule is CN=C(NCc1cccc(Cn2cccn2)c1)N(C)Cc1ccc(OC)cc1. The van der Waals surface area contributed by atoms with Gasteiger partial charge in [-0.15, -0.1) is 0 Å². The van der Waals surface area contributed by atoms with Crippen molar-refractivity contribution in [2.45, 2.75) is 19.6 Å². The molecule has 0 amide bonds. The Morgan fingerprint density at radius 3 is 2.57 bits per heavy atom. The molecular formula is C22H27N5O. The normalized spacial score (nSPS) is 11.3. The molecule has 28 heavy (non-hydrogen) atoms. The summed E-state index contributed by atoms with van der Waals surface area (Å²) in [5.41, 5.74) is 3.64. The third-order valence-corrected chi connectivity index (χ3v) is 4.50. The predicted molar refractivity (Wildman–Crippen MR) is 112 cm³/mol. The van der Waals surface area contributed by atoms with E-state index in [9.17, 15) is 0 Å². The lowest BCUT2D eigenvalue weighted by molar-refractivity contribution is 0.414. The molecule has 3 aromatic rings. The van der Waals surface area contributed by atoms with Crippen molar-refractivity contribution in [1.82, 2.24) is 20.0 Å². The van der Waals surface area contributed by atoms with Gasteiger partial charge in [0.1, 0.15) is 5.75 Å². The van der Waals surface area contributed by atoms with E-state index >= 15 is 0 Å². The summed E-state index contributed by atoms with van der Waals surface area (Å²) in [6, 6.07) is 18.6. The van der Waals surface area contributed by atoms with Crippen LogP contribution in [0.4, 0.5) is 0 Å². The molecule has 0 radical (unpaired) electrons. The number of hydrogen-bond donors (Lipinski definition) is 1. The molecule has 6 heteroatoms. The van der Waals surface area contributed by atoms with Crippen molar-refractivity contribution in [2.24, 2.45) is 4.99 Å². The summed E-state index contributed by atoms with van der Waals surface area (Å²) < 4.78 is 7.14. The highest BCUT2D eigenvalue weighted by molar-refractivity contribution is 5.79. The van der Waals surface area contributed by atoms with E-state index in [1.165, 1.54) is 16.7 Å². The quantitative estimate of drug-likeness (QED) is 0.508. The monoisotopic (exact) mass is 377 g/mol. The maximum atomic E-state index is 5.22. The van der Waals surface area contributed by atoms with E-state index in [0.29, 0.717) is 6.54 Å². The zero-order valence-corrected chi connectivity index (χ0v) is 16.7. The number of aliphatic imine (C=N–C) groups is 1. The summed E-state index contributed by atoms with van der Waals surface area (Å²) >= 11 is 0. The predicted octanol–water partition coefficient (Wildman–Crippen LogP) is 3.15. The lowest BCUT2D eigenvalue weighted by atomic mass is 10.1. The molecule has 2 aromatic carbocycles. The number of nitrogens with zero attached hydrogens (tertiary/aromatic N) is 4. The Balaban J connectivity index is 1.57. The fraction of sp³-hybridized carbons (Fsp3) is 0.273. The van der Waals surface area contributed by atoms with Gasteiger partial charge in [-0.05, 0) is 34.9 Å². The van der Waals surface area contributed by atoms with Gasteiger partial charge in [-0.1, -0.05) is 36.4 Å². The Labute approximate surface area is 166 Å². The molecule has 0 aliphatic heterocycles. The summed E-state index contributed by atoms with van der Waals surface area (Å²) in [7, 11) is 5.52. The fourth-order valence-corrected chi connectivity index (χ4v) is 3.06. The summed E-state index contributed by atoms with van der Waals surface area (Å²) in [6.45, 7) is 2.25. The topological polar surface area (TPSA) is 54.7 Å². The molecule has 6 nitrogen and oxygen atoms in total. The maximum Gasteiger partial charge on any atom is 0.193 e. The molecule has 0 aliphatic carbocycles. The van der Waals surface area contributed by atoms with Crippen LogP contribution in [0.5, 0.6) is 5.75 Å². The summed E-state index contributed by atoms with van der Waals surface area (Å²) in [6.07, 6.45) is 3.77. The number of hydrogen-bond acceptors (Lipinski definition) is 3. The molecule has 146 valence electrons. The Kier molecular flexibility index (Phi) is 6.68. The largest absolute Gasteiger partial charge is 0.497 e. The Bertz CT molecular complexity index is 888. The van der Waals surface area contributed by atoms with E-state index < -0.39 is 0 Å². The van der Waals surface area contributed by atoms with Crippen molar-refractivity contribution in [3.05, 3.63) is 83.7 Å². The molecule has 1 N–H and O–H groups in total. The second-order valence-corrected chi connectivity index (χ2v) is 6.63. The first-order chi connectivity index (χ1) is 13.7. The summed E-state index contributed by atoms with van der Waals surface area (Å²) in [4.78, 5) is 6.52. The molecule has 0 bridgehead atoms. The first kappa shape index (κ1) is 19.5. The highest BCUT2D eigenvalue weighted by atomic mass is 16.5. The standard InChI is InChI=1S/C22H27N5O/c1-23-22(26(2)16-18-8-10-21(28-3)11-9-18)24-15-19-6-4-7-20(14-19)17-27-13-5-12-25-27/h4-14H,15-17H2,1-3H3,(H,23,24). The van der Waals surface area contributed by atoms with Gasteiger partial charge in [0, 0.05) is 39.6 Å². The second kappa shape index (κ2) is 9.60. The van der Waals surface area contributed by atoms with Gasteiger partial charge in [-0.3, -0.25) is 9.67 Å². The van der Waals surface area contributed by atoms with Gasteiger partial charge in [-0.25, -0.2) is 0 Å². The minimum Gasteiger partial charge on any atom is -0.497 e. The van der Waals surface area contributed by atoms with Crippen LogP contribution in [0.15, 0.2) is 72.0 Å². The van der Waals surface area contributed by atoms with E-state index in [1.807, 2.05) is 36.1 Å². The average molecular weight is 377 g/mol. The first-order valence-corrected chi connectivity index (χ1v) is 9.28. The average Bonchev–Trinajstić information content (AvgIpc) is 3.22. The zero-order chi connectivity index (χ0) is 19.8. The first-order valence-electron chi connectivity index (χ1n) is 9.28. The molecule has 0 aliphatic rings. The number of methoxy groups -OCH3 is 1. The maximum absolute atomic E-state index is 5.22. The second-order valence-electron chi connectivity index (χ2n) is 6.63. The van der Waals surface area contributed by atoms with Crippen molar-refractivity contribution in [3.63, 3.8) is 0 Å². The molecule has 0 atom stereocenters. The molecule has 0 spiro atoms. The van der Waals surface area contributed by atoms with Crippen LogP contribution in [-0.4, -0.2) is 41.8 Å². The lowest BCUT2D eigenvalue weighted by Gasteiger charge is -2.22. The van der Waals surface area contributed by atoms with Gasteiger partial charge in [0.2, 0.25) is 0 Å². The third kappa shape index (κ3) is 5.36. The van der Waals surface area contributed by atoms with E-state index in [0.717, 1.165) is 24.8 Å². The molecule has 0 saturated heterocycles. The molecule has 0 fully saturated rings. The number of aromatic nitrogens is 2. The fourth-order valence-electron chi connectivity index (χ4n) is 3.06. The van der Waals surface area contributed by atoms with E-state index in [1.54, 1.807) is 20.4 Å². The smallest absolute Gasteiger partial charge is 0.193 e. The molecule has 0 saturated carbocycles.